The first kappa shape index (κ1) is 19.6. The van der Waals surface area contributed by atoms with E-state index in [0.717, 1.165) is 11.1 Å². The number of benzene rings is 2. The number of carbonyl (C=O) groups excluding carboxylic acids is 2. The van der Waals surface area contributed by atoms with Crippen LogP contribution < -0.4 is 10.0 Å². The molecule has 26 heavy (non-hydrogen) atoms. The molecule has 0 bridgehead atoms. The number of carbonyl (C=O) groups is 2. The molecule has 0 radical (unpaired) electrons. The molecule has 0 saturated carbocycles. The number of hydrogen-bond donors (Lipinski definition) is 2. The van der Waals surface area contributed by atoms with Crippen LogP contribution >= 0.6 is 0 Å². The molecule has 0 aromatic heterocycles. The van der Waals surface area contributed by atoms with Gasteiger partial charge in [-0.25, -0.2) is 13.1 Å². The summed E-state index contributed by atoms with van der Waals surface area (Å²) in [5.74, 6) is -1.24. The van der Waals surface area contributed by atoms with Crippen LogP contribution in [0.4, 0.5) is 0 Å². The first-order chi connectivity index (χ1) is 12.4. The van der Waals surface area contributed by atoms with E-state index in [1.165, 1.54) is 12.1 Å². The highest BCUT2D eigenvalue weighted by Crippen LogP contribution is 2.09. The second kappa shape index (κ2) is 9.12. The van der Waals surface area contributed by atoms with E-state index >= 15 is 0 Å². The smallest absolute Gasteiger partial charge is 0.325 e. The third-order valence-corrected chi connectivity index (χ3v) is 4.84. The van der Waals surface area contributed by atoms with Gasteiger partial charge in [-0.3, -0.25) is 9.59 Å². The van der Waals surface area contributed by atoms with Crippen molar-refractivity contribution >= 4 is 21.9 Å². The summed E-state index contributed by atoms with van der Waals surface area (Å²) < 4.78 is 31.3. The summed E-state index contributed by atoms with van der Waals surface area (Å²) in [6.07, 6.45) is 0. The predicted molar refractivity (Wildman–Crippen MR) is 95.6 cm³/mol. The van der Waals surface area contributed by atoms with Gasteiger partial charge in [-0.2, -0.15) is 0 Å². The molecule has 7 nitrogen and oxygen atoms in total. The van der Waals surface area contributed by atoms with Crippen LogP contribution in [0, 0.1) is 6.92 Å². The maximum atomic E-state index is 12.1. The van der Waals surface area contributed by atoms with Crippen LogP contribution in [0.1, 0.15) is 11.1 Å². The van der Waals surface area contributed by atoms with Gasteiger partial charge < -0.3 is 10.1 Å². The van der Waals surface area contributed by atoms with Crippen LogP contribution in [-0.2, 0) is 31.0 Å². The summed E-state index contributed by atoms with van der Waals surface area (Å²) in [5.41, 5.74) is 1.76. The van der Waals surface area contributed by atoms with E-state index in [0.29, 0.717) is 0 Å². The molecule has 0 unspecified atom stereocenters. The van der Waals surface area contributed by atoms with Crippen molar-refractivity contribution in [2.24, 2.45) is 0 Å². The van der Waals surface area contributed by atoms with Crippen LogP contribution in [0.25, 0.3) is 0 Å². The summed E-state index contributed by atoms with van der Waals surface area (Å²) in [5, 5.41) is 2.31. The fourth-order valence-electron chi connectivity index (χ4n) is 1.98. The number of nitrogens with one attached hydrogen (secondary N) is 2. The van der Waals surface area contributed by atoms with E-state index in [2.05, 4.69) is 10.0 Å². The van der Waals surface area contributed by atoms with Crippen LogP contribution in [-0.4, -0.2) is 33.4 Å². The highest BCUT2D eigenvalue weighted by molar-refractivity contribution is 7.89. The Hall–Kier alpha value is -2.71. The molecule has 0 aliphatic heterocycles. The molecule has 0 fully saturated rings. The average molecular weight is 376 g/mol. The van der Waals surface area contributed by atoms with Gasteiger partial charge in [0.2, 0.25) is 15.9 Å². The molecule has 0 saturated heterocycles. The number of aryl methyl sites for hydroxylation is 1. The fourth-order valence-corrected chi connectivity index (χ4v) is 2.97. The molecular weight excluding hydrogens is 356 g/mol. The largest absolute Gasteiger partial charge is 0.460 e. The molecule has 2 N–H and O–H groups in total. The van der Waals surface area contributed by atoms with Gasteiger partial charge in [0.1, 0.15) is 13.2 Å². The number of esters is 1. The number of amides is 1. The molecule has 2 aromatic carbocycles. The first-order valence-corrected chi connectivity index (χ1v) is 9.38. The molecule has 0 atom stereocenters. The molecule has 1 amide bonds. The Bertz CT molecular complexity index is 849. The normalized spacial score (nSPS) is 11.0. The van der Waals surface area contributed by atoms with Gasteiger partial charge >= 0.3 is 5.97 Å². The summed E-state index contributed by atoms with van der Waals surface area (Å²) >= 11 is 0. The van der Waals surface area contributed by atoms with Gasteiger partial charge in [0.05, 0.1) is 11.4 Å². The molecule has 2 aromatic rings. The maximum absolute atomic E-state index is 12.1. The fraction of sp³-hybridized carbons (Fsp3) is 0.222. The van der Waals surface area contributed by atoms with Crippen LogP contribution in [0.2, 0.25) is 0 Å². The minimum Gasteiger partial charge on any atom is -0.460 e. The van der Waals surface area contributed by atoms with Gasteiger partial charge in [0, 0.05) is 0 Å². The van der Waals surface area contributed by atoms with Crippen molar-refractivity contribution in [1.82, 2.24) is 10.0 Å². The molecule has 0 spiro atoms. The highest BCUT2D eigenvalue weighted by Gasteiger charge is 2.15. The lowest BCUT2D eigenvalue weighted by Crippen LogP contribution is -2.39. The number of sulfonamides is 1. The summed E-state index contributed by atoms with van der Waals surface area (Å²) in [7, 11) is -3.78. The number of rotatable bonds is 8. The van der Waals surface area contributed by atoms with Gasteiger partial charge in [-0.1, -0.05) is 48.0 Å². The van der Waals surface area contributed by atoms with E-state index in [1.807, 2.05) is 37.3 Å². The molecule has 138 valence electrons. The summed E-state index contributed by atoms with van der Waals surface area (Å²) in [6.45, 7) is 1.14. The molecule has 0 heterocycles. The lowest BCUT2D eigenvalue weighted by atomic mass is 10.2. The summed E-state index contributed by atoms with van der Waals surface area (Å²) in [4.78, 5) is 23.4. The average Bonchev–Trinajstić information content (AvgIpc) is 2.64. The predicted octanol–water partition coefficient (Wildman–Crippen LogP) is 1.13. The minimum atomic E-state index is -3.78. The van der Waals surface area contributed by atoms with Gasteiger partial charge in [-0.05, 0) is 24.6 Å². The standard InChI is InChI=1S/C18H20N2O5S/c1-14-7-9-16(10-8-14)26(23,24)20-11-17(21)19-12-18(22)25-13-15-5-3-2-4-6-15/h2-10,20H,11-13H2,1H3,(H,19,21). The van der Waals surface area contributed by atoms with Crippen LogP contribution in [0.3, 0.4) is 0 Å². The Morgan fingerprint density at radius 1 is 0.962 bits per heavy atom. The van der Waals surface area contributed by atoms with E-state index in [9.17, 15) is 18.0 Å². The van der Waals surface area contributed by atoms with Crippen molar-refractivity contribution in [1.29, 1.82) is 0 Å². The van der Waals surface area contributed by atoms with Crippen molar-refractivity contribution in [3.63, 3.8) is 0 Å². The molecule has 8 heteroatoms. The molecule has 2 rings (SSSR count). The van der Waals surface area contributed by atoms with Crippen molar-refractivity contribution in [3.05, 3.63) is 65.7 Å². The van der Waals surface area contributed by atoms with Gasteiger partial charge in [0.15, 0.2) is 0 Å². The monoisotopic (exact) mass is 376 g/mol. The van der Waals surface area contributed by atoms with E-state index in [1.54, 1.807) is 12.1 Å². The third-order valence-electron chi connectivity index (χ3n) is 3.43. The zero-order chi connectivity index (χ0) is 19.0. The Morgan fingerprint density at radius 2 is 1.62 bits per heavy atom. The highest BCUT2D eigenvalue weighted by atomic mass is 32.2. The van der Waals surface area contributed by atoms with E-state index < -0.39 is 28.4 Å². The first-order valence-electron chi connectivity index (χ1n) is 7.89. The summed E-state index contributed by atoms with van der Waals surface area (Å²) in [6, 6.07) is 15.4. The lowest BCUT2D eigenvalue weighted by molar-refractivity contribution is -0.145. The zero-order valence-corrected chi connectivity index (χ0v) is 15.1. The second-order valence-electron chi connectivity index (χ2n) is 5.56. The van der Waals surface area contributed by atoms with Crippen molar-refractivity contribution in [2.45, 2.75) is 18.4 Å². The second-order valence-corrected chi connectivity index (χ2v) is 7.33. The Morgan fingerprint density at radius 3 is 2.27 bits per heavy atom. The van der Waals surface area contributed by atoms with Crippen molar-refractivity contribution in [3.8, 4) is 0 Å². The Labute approximate surface area is 152 Å². The quantitative estimate of drug-likeness (QED) is 0.673. The van der Waals surface area contributed by atoms with Gasteiger partial charge in [-0.15, -0.1) is 0 Å². The van der Waals surface area contributed by atoms with Crippen molar-refractivity contribution in [2.75, 3.05) is 13.1 Å². The molecule has 0 aliphatic carbocycles. The zero-order valence-electron chi connectivity index (χ0n) is 14.3. The SMILES string of the molecule is Cc1ccc(S(=O)(=O)NCC(=O)NCC(=O)OCc2ccccc2)cc1. The topological polar surface area (TPSA) is 102 Å². The maximum Gasteiger partial charge on any atom is 0.325 e. The lowest BCUT2D eigenvalue weighted by Gasteiger charge is -2.08. The molecule has 0 aliphatic rings. The van der Waals surface area contributed by atoms with Gasteiger partial charge in [0.25, 0.3) is 0 Å². The van der Waals surface area contributed by atoms with Crippen LogP contribution in [0.15, 0.2) is 59.5 Å². The van der Waals surface area contributed by atoms with Crippen molar-refractivity contribution < 1.29 is 22.7 Å². The number of ether oxygens (including phenoxy) is 1. The van der Waals surface area contributed by atoms with E-state index in [4.69, 9.17) is 4.74 Å². The van der Waals surface area contributed by atoms with E-state index in [-0.39, 0.29) is 18.0 Å². The Kier molecular flexibility index (Phi) is 6.88. The third kappa shape index (κ3) is 6.30. The number of hydrogen-bond acceptors (Lipinski definition) is 5. The van der Waals surface area contributed by atoms with Crippen LogP contribution in [0.5, 0.6) is 0 Å². The Balaban J connectivity index is 1.73. The molecular formula is C18H20N2O5S. The minimum absolute atomic E-state index is 0.0678.